The van der Waals surface area contributed by atoms with Gasteiger partial charge in [-0.15, -0.1) is 0 Å². The Morgan fingerprint density at radius 1 is 1.06 bits per heavy atom. The number of rotatable bonds is 3. The molecule has 2 aromatic heterocycles. The Balaban J connectivity index is 1.36. The molecule has 2 aliphatic rings. The predicted molar refractivity (Wildman–Crippen MR) is 120 cm³/mol. The van der Waals surface area contributed by atoms with E-state index in [4.69, 9.17) is 15.0 Å². The minimum Gasteiger partial charge on any atom is -0.370 e. The number of aromatic nitrogens is 2. The van der Waals surface area contributed by atoms with E-state index in [2.05, 4.69) is 51.2 Å². The summed E-state index contributed by atoms with van der Waals surface area (Å²) in [5, 5.41) is 9.11. The van der Waals surface area contributed by atoms with Crippen molar-refractivity contribution in [3.8, 4) is 6.07 Å². The zero-order valence-electron chi connectivity index (χ0n) is 17.7. The van der Waals surface area contributed by atoms with Crippen LogP contribution < -0.4 is 9.80 Å². The smallest absolute Gasteiger partial charge is 0.131 e. The van der Waals surface area contributed by atoms with E-state index in [0.29, 0.717) is 12.2 Å². The van der Waals surface area contributed by atoms with Crippen LogP contribution in [0, 0.1) is 18.3 Å². The second kappa shape index (κ2) is 8.37. The molecule has 0 amide bonds. The lowest BCUT2D eigenvalue weighted by molar-refractivity contribution is 0.0398. The van der Waals surface area contributed by atoms with Gasteiger partial charge >= 0.3 is 0 Å². The van der Waals surface area contributed by atoms with E-state index in [9.17, 15) is 0 Å². The molecule has 0 bridgehead atoms. The lowest BCUT2D eigenvalue weighted by Gasteiger charge is -2.36. The van der Waals surface area contributed by atoms with Crippen LogP contribution in [0.3, 0.4) is 0 Å². The molecular weight excluding hydrogens is 386 g/mol. The van der Waals surface area contributed by atoms with Crippen LogP contribution in [-0.2, 0) is 17.7 Å². The summed E-state index contributed by atoms with van der Waals surface area (Å²) in [5.41, 5.74) is 6.41. The molecule has 2 aliphatic heterocycles. The van der Waals surface area contributed by atoms with Crippen molar-refractivity contribution in [1.82, 2.24) is 9.97 Å². The molecule has 1 saturated heterocycles. The van der Waals surface area contributed by atoms with Crippen LogP contribution in [0.5, 0.6) is 0 Å². The number of benzene rings is 1. The molecule has 0 spiro atoms. The molecule has 3 aromatic rings. The van der Waals surface area contributed by atoms with E-state index in [1.807, 2.05) is 25.3 Å². The number of pyridine rings is 2. The molecule has 5 rings (SSSR count). The molecular formula is C25H25N5O. The molecule has 0 N–H and O–H groups in total. The van der Waals surface area contributed by atoms with E-state index in [1.165, 1.54) is 16.8 Å². The van der Waals surface area contributed by atoms with Crippen LogP contribution >= 0.6 is 0 Å². The van der Waals surface area contributed by atoms with Gasteiger partial charge in [0.05, 0.1) is 24.1 Å². The van der Waals surface area contributed by atoms with Gasteiger partial charge in [-0.05, 0) is 35.7 Å². The number of nitrogens with zero attached hydrogens (tertiary/aromatic N) is 5. The summed E-state index contributed by atoms with van der Waals surface area (Å²) in [6.45, 7) is 6.07. The molecule has 6 heteroatoms. The highest BCUT2D eigenvalue weighted by atomic mass is 16.5. The standard InChI is InChI=1S/C25H25N5O/c1-18-11-19(13-26)14-28-25(18)30-8-7-23-21(16-30)12-22(15-27-23)29-9-10-31-24(17-29)20-5-3-2-4-6-20/h2-6,11-12,14-15,24H,7-10,16-17H2,1H3/t24-/m0/s1. The highest BCUT2D eigenvalue weighted by Crippen LogP contribution is 2.30. The largest absolute Gasteiger partial charge is 0.370 e. The highest BCUT2D eigenvalue weighted by molar-refractivity contribution is 5.54. The average Bonchev–Trinajstić information content (AvgIpc) is 2.84. The van der Waals surface area contributed by atoms with Crippen molar-refractivity contribution >= 4 is 11.5 Å². The Morgan fingerprint density at radius 2 is 1.94 bits per heavy atom. The van der Waals surface area contributed by atoms with Crippen LogP contribution in [0.4, 0.5) is 11.5 Å². The normalized spacial score (nSPS) is 18.4. The number of nitriles is 1. The van der Waals surface area contributed by atoms with Gasteiger partial charge in [0.1, 0.15) is 18.0 Å². The number of hydrogen-bond donors (Lipinski definition) is 0. The number of ether oxygens (including phenoxy) is 1. The number of hydrogen-bond acceptors (Lipinski definition) is 6. The molecule has 1 aromatic carbocycles. The van der Waals surface area contributed by atoms with E-state index in [0.717, 1.165) is 49.7 Å². The Labute approximate surface area is 182 Å². The molecule has 0 unspecified atom stereocenters. The summed E-state index contributed by atoms with van der Waals surface area (Å²) in [6, 6.07) is 16.8. The fourth-order valence-corrected chi connectivity index (χ4v) is 4.48. The first-order valence-corrected chi connectivity index (χ1v) is 10.7. The van der Waals surface area contributed by atoms with Gasteiger partial charge in [-0.3, -0.25) is 4.98 Å². The maximum absolute atomic E-state index is 9.11. The van der Waals surface area contributed by atoms with E-state index >= 15 is 0 Å². The van der Waals surface area contributed by atoms with Crippen LogP contribution in [0.2, 0.25) is 0 Å². The Morgan fingerprint density at radius 3 is 2.74 bits per heavy atom. The first-order valence-electron chi connectivity index (χ1n) is 10.7. The van der Waals surface area contributed by atoms with Crippen LogP contribution in [0.25, 0.3) is 0 Å². The van der Waals surface area contributed by atoms with Crippen molar-refractivity contribution in [2.24, 2.45) is 0 Å². The third-order valence-corrected chi connectivity index (χ3v) is 6.11. The fourth-order valence-electron chi connectivity index (χ4n) is 4.48. The Kier molecular flexibility index (Phi) is 5.27. The highest BCUT2D eigenvalue weighted by Gasteiger charge is 2.25. The second-order valence-electron chi connectivity index (χ2n) is 8.16. The van der Waals surface area contributed by atoms with Gasteiger partial charge in [0.2, 0.25) is 0 Å². The maximum Gasteiger partial charge on any atom is 0.131 e. The minimum atomic E-state index is 0.0768. The molecule has 0 radical (unpaired) electrons. The van der Waals surface area contributed by atoms with Crippen molar-refractivity contribution in [1.29, 1.82) is 5.26 Å². The van der Waals surface area contributed by atoms with Crippen LogP contribution in [0.1, 0.15) is 34.1 Å². The molecule has 1 atom stereocenters. The fraction of sp³-hybridized carbons (Fsp3) is 0.320. The van der Waals surface area contributed by atoms with Crippen molar-refractivity contribution < 1.29 is 4.74 Å². The third kappa shape index (κ3) is 3.97. The van der Waals surface area contributed by atoms with E-state index in [1.54, 1.807) is 6.20 Å². The molecule has 4 heterocycles. The predicted octanol–water partition coefficient (Wildman–Crippen LogP) is 3.80. The zero-order valence-corrected chi connectivity index (χ0v) is 17.7. The number of fused-ring (bicyclic) bond motifs is 1. The summed E-state index contributed by atoms with van der Waals surface area (Å²) in [5.74, 6) is 0.950. The van der Waals surface area contributed by atoms with Gasteiger partial charge in [0.15, 0.2) is 0 Å². The van der Waals surface area contributed by atoms with Crippen molar-refractivity contribution in [3.05, 3.63) is 82.8 Å². The lowest BCUT2D eigenvalue weighted by atomic mass is 10.0. The van der Waals surface area contributed by atoms with Gasteiger partial charge in [-0.2, -0.15) is 5.26 Å². The summed E-state index contributed by atoms with van der Waals surface area (Å²) >= 11 is 0. The second-order valence-corrected chi connectivity index (χ2v) is 8.16. The summed E-state index contributed by atoms with van der Waals surface area (Å²) in [7, 11) is 0. The zero-order chi connectivity index (χ0) is 21.2. The molecule has 0 saturated carbocycles. The number of morpholine rings is 1. The minimum absolute atomic E-state index is 0.0768. The van der Waals surface area contributed by atoms with Crippen LogP contribution in [-0.4, -0.2) is 36.2 Å². The van der Waals surface area contributed by atoms with Crippen LogP contribution in [0.15, 0.2) is 54.9 Å². The number of anilines is 2. The van der Waals surface area contributed by atoms with Gasteiger partial charge in [-0.1, -0.05) is 30.3 Å². The molecule has 156 valence electrons. The molecule has 1 fully saturated rings. The SMILES string of the molecule is Cc1cc(C#N)cnc1N1CCc2ncc(N3CCO[C@H](c4ccccc4)C3)cc2C1. The molecule has 31 heavy (non-hydrogen) atoms. The van der Waals surface area contributed by atoms with Crippen molar-refractivity contribution in [3.63, 3.8) is 0 Å². The monoisotopic (exact) mass is 411 g/mol. The summed E-state index contributed by atoms with van der Waals surface area (Å²) in [4.78, 5) is 14.0. The third-order valence-electron chi connectivity index (χ3n) is 6.11. The molecule has 0 aliphatic carbocycles. The van der Waals surface area contributed by atoms with Gasteiger partial charge in [-0.25, -0.2) is 4.98 Å². The maximum atomic E-state index is 9.11. The molecule has 6 nitrogen and oxygen atoms in total. The summed E-state index contributed by atoms with van der Waals surface area (Å²) < 4.78 is 6.03. The lowest BCUT2D eigenvalue weighted by Crippen LogP contribution is -2.39. The Hall–Kier alpha value is -3.43. The van der Waals surface area contributed by atoms with Gasteiger partial charge in [0.25, 0.3) is 0 Å². The quantitative estimate of drug-likeness (QED) is 0.653. The van der Waals surface area contributed by atoms with Crippen molar-refractivity contribution in [2.75, 3.05) is 36.0 Å². The first kappa shape index (κ1) is 19.5. The topological polar surface area (TPSA) is 65.3 Å². The van der Waals surface area contributed by atoms with E-state index in [-0.39, 0.29) is 6.10 Å². The average molecular weight is 412 g/mol. The van der Waals surface area contributed by atoms with Gasteiger partial charge in [0, 0.05) is 44.5 Å². The van der Waals surface area contributed by atoms with E-state index < -0.39 is 0 Å². The van der Waals surface area contributed by atoms with Gasteiger partial charge < -0.3 is 14.5 Å². The number of aryl methyl sites for hydroxylation is 1. The summed E-state index contributed by atoms with van der Waals surface area (Å²) in [6.07, 6.45) is 4.64. The Bertz CT molecular complexity index is 1120. The van der Waals surface area contributed by atoms with Crippen molar-refractivity contribution in [2.45, 2.75) is 26.0 Å². The first-order chi connectivity index (χ1) is 15.2.